The molecule has 0 bridgehead atoms. The molecule has 1 aromatic heterocycles. The van der Waals surface area contributed by atoms with Crippen LogP contribution in [0.15, 0.2) is 40.4 Å². The lowest BCUT2D eigenvalue weighted by Gasteiger charge is -2.08. The maximum atomic E-state index is 13.5. The molecule has 0 unspecified atom stereocenters. The van der Waals surface area contributed by atoms with Crippen molar-refractivity contribution in [3.05, 3.63) is 36.4 Å². The third kappa shape index (κ3) is 2.95. The Labute approximate surface area is 113 Å². The van der Waals surface area contributed by atoms with Crippen LogP contribution in [0.4, 0.5) is 10.1 Å². The largest absolute Gasteiger partial charge is 0.284 e. The van der Waals surface area contributed by atoms with Gasteiger partial charge in [-0.25, -0.2) is 26.4 Å². The fraction of sp³-hybridized carbons (Fsp3) is 0. The Kier molecular flexibility index (Phi) is 3.50. The number of anilines is 1. The summed E-state index contributed by atoms with van der Waals surface area (Å²) in [5, 5.41) is 10.6. The molecule has 0 atom stereocenters. The molecule has 108 valence electrons. The first-order valence-electron chi connectivity index (χ1n) is 5.04. The molecule has 0 saturated heterocycles. The van der Waals surface area contributed by atoms with Gasteiger partial charge < -0.3 is 0 Å². The molecule has 0 fully saturated rings. The highest BCUT2D eigenvalue weighted by molar-refractivity contribution is 7.92. The minimum Gasteiger partial charge on any atom is -0.284 e. The quantitative estimate of drug-likeness (QED) is 0.728. The van der Waals surface area contributed by atoms with E-state index in [2.05, 4.69) is 10.2 Å². The van der Waals surface area contributed by atoms with Crippen molar-refractivity contribution in [1.82, 2.24) is 10.2 Å². The molecule has 0 spiro atoms. The van der Waals surface area contributed by atoms with E-state index >= 15 is 0 Å². The lowest BCUT2D eigenvalue weighted by atomic mass is 10.3. The van der Waals surface area contributed by atoms with Crippen LogP contribution in [0, 0.1) is 5.82 Å². The van der Waals surface area contributed by atoms with Gasteiger partial charge in [-0.05, 0) is 18.2 Å². The van der Waals surface area contributed by atoms with E-state index in [1.165, 1.54) is 0 Å². The average molecular weight is 320 g/mol. The third-order valence-corrected chi connectivity index (χ3v) is 4.54. The van der Waals surface area contributed by atoms with E-state index in [4.69, 9.17) is 5.14 Å². The van der Waals surface area contributed by atoms with E-state index in [0.29, 0.717) is 0 Å². The number of nitrogens with zero attached hydrogens (tertiary/aromatic N) is 1. The van der Waals surface area contributed by atoms with Gasteiger partial charge in [0.25, 0.3) is 10.0 Å². The minimum atomic E-state index is -4.07. The van der Waals surface area contributed by atoms with Crippen molar-refractivity contribution >= 4 is 25.7 Å². The lowest BCUT2D eigenvalue weighted by Crippen LogP contribution is -2.16. The number of nitrogens with one attached hydrogen (secondary N) is 2. The van der Waals surface area contributed by atoms with Crippen molar-refractivity contribution in [1.29, 1.82) is 0 Å². The summed E-state index contributed by atoms with van der Waals surface area (Å²) in [6.45, 7) is 0. The zero-order chi connectivity index (χ0) is 15.0. The molecular weight excluding hydrogens is 311 g/mol. The molecule has 20 heavy (non-hydrogen) atoms. The minimum absolute atomic E-state index is 0.224. The summed E-state index contributed by atoms with van der Waals surface area (Å²) in [4.78, 5) is -0.637. The molecule has 0 saturated carbocycles. The van der Waals surface area contributed by atoms with E-state index in [1.54, 1.807) is 0 Å². The predicted molar refractivity (Wildman–Crippen MR) is 67.2 cm³/mol. The van der Waals surface area contributed by atoms with Gasteiger partial charge >= 0.3 is 0 Å². The van der Waals surface area contributed by atoms with E-state index < -0.39 is 36.4 Å². The number of H-pyrrole nitrogens is 1. The molecule has 8 nitrogen and oxygen atoms in total. The Morgan fingerprint density at radius 1 is 1.20 bits per heavy atom. The first kappa shape index (κ1) is 14.4. The van der Waals surface area contributed by atoms with E-state index in [1.807, 2.05) is 4.72 Å². The van der Waals surface area contributed by atoms with Crippen molar-refractivity contribution in [2.24, 2.45) is 5.14 Å². The fourth-order valence-corrected chi connectivity index (χ4v) is 2.85. The number of hydrogen-bond donors (Lipinski definition) is 3. The molecule has 0 aliphatic heterocycles. The molecule has 4 N–H and O–H groups in total. The molecule has 0 amide bonds. The van der Waals surface area contributed by atoms with Crippen LogP contribution >= 0.6 is 0 Å². The van der Waals surface area contributed by atoms with Gasteiger partial charge in [-0.3, -0.25) is 9.82 Å². The maximum absolute atomic E-state index is 13.5. The zero-order valence-corrected chi connectivity index (χ0v) is 11.4. The molecular formula is C9H9FN4O4S2. The van der Waals surface area contributed by atoms with Crippen LogP contribution in [0.5, 0.6) is 0 Å². The van der Waals surface area contributed by atoms with Crippen molar-refractivity contribution in [3.63, 3.8) is 0 Å². The number of halogens is 1. The normalized spacial score (nSPS) is 12.3. The Morgan fingerprint density at radius 3 is 2.45 bits per heavy atom. The summed E-state index contributed by atoms with van der Waals surface area (Å²) >= 11 is 0. The number of sulfonamides is 2. The van der Waals surface area contributed by atoms with Crippen LogP contribution < -0.4 is 9.86 Å². The van der Waals surface area contributed by atoms with Crippen molar-refractivity contribution < 1.29 is 21.2 Å². The Bertz CT molecular complexity index is 831. The number of benzene rings is 1. The van der Waals surface area contributed by atoms with Gasteiger partial charge in [0.2, 0.25) is 10.0 Å². The van der Waals surface area contributed by atoms with Crippen molar-refractivity contribution in [2.45, 2.75) is 9.79 Å². The second-order valence-corrected chi connectivity index (χ2v) is 6.97. The van der Waals surface area contributed by atoms with Gasteiger partial charge in [0.15, 0.2) is 0 Å². The Morgan fingerprint density at radius 2 is 1.90 bits per heavy atom. The van der Waals surface area contributed by atoms with Crippen LogP contribution in [0.1, 0.15) is 0 Å². The fourth-order valence-electron chi connectivity index (χ4n) is 1.35. The number of primary sulfonamides is 1. The summed E-state index contributed by atoms with van der Waals surface area (Å²) in [7, 11) is -8.15. The highest BCUT2D eigenvalue weighted by Gasteiger charge is 2.19. The molecule has 1 aromatic carbocycles. The van der Waals surface area contributed by atoms with Crippen LogP contribution in [0.2, 0.25) is 0 Å². The van der Waals surface area contributed by atoms with Gasteiger partial charge in [-0.15, -0.1) is 0 Å². The molecule has 0 aliphatic rings. The number of rotatable bonds is 4. The standard InChI is InChI=1S/C9H9FN4O4S2/c10-8-2-1-6(19(11,15)16)3-9(8)14-20(17,18)7-4-12-13-5-7/h1-5,14H,(H,12,13)(H2,11,15,16). The number of aromatic amines is 1. The van der Waals surface area contributed by atoms with Crippen LogP contribution in [-0.4, -0.2) is 27.0 Å². The zero-order valence-electron chi connectivity index (χ0n) is 9.74. The summed E-state index contributed by atoms with van der Waals surface area (Å²) in [5.41, 5.74) is -0.530. The highest BCUT2D eigenvalue weighted by Crippen LogP contribution is 2.21. The predicted octanol–water partition coefficient (Wildman–Crippen LogP) is -0.00300. The summed E-state index contributed by atoms with van der Waals surface area (Å²) in [6.07, 6.45) is 2.10. The van der Waals surface area contributed by atoms with E-state index in [9.17, 15) is 21.2 Å². The third-order valence-electron chi connectivity index (χ3n) is 2.29. The molecule has 2 rings (SSSR count). The smallest absolute Gasteiger partial charge is 0.265 e. The summed E-state index contributed by atoms with van der Waals surface area (Å²) < 4.78 is 61.5. The second-order valence-electron chi connectivity index (χ2n) is 3.73. The Hall–Kier alpha value is -1.98. The molecule has 2 aromatic rings. The lowest BCUT2D eigenvalue weighted by molar-refractivity contribution is 0.593. The topological polar surface area (TPSA) is 135 Å². The average Bonchev–Trinajstić information content (AvgIpc) is 2.84. The second kappa shape index (κ2) is 4.85. The first-order valence-corrected chi connectivity index (χ1v) is 8.07. The van der Waals surface area contributed by atoms with Crippen LogP contribution in [0.25, 0.3) is 0 Å². The van der Waals surface area contributed by atoms with Gasteiger partial charge in [0.05, 0.1) is 16.8 Å². The summed E-state index contributed by atoms with van der Waals surface area (Å²) in [6, 6.07) is 2.52. The van der Waals surface area contributed by atoms with Gasteiger partial charge in [0, 0.05) is 6.20 Å². The molecule has 1 heterocycles. The van der Waals surface area contributed by atoms with Gasteiger partial charge in [-0.1, -0.05) is 0 Å². The maximum Gasteiger partial charge on any atom is 0.265 e. The number of aromatic nitrogens is 2. The number of hydrogen-bond acceptors (Lipinski definition) is 5. The molecule has 0 aliphatic carbocycles. The van der Waals surface area contributed by atoms with Crippen LogP contribution in [0.3, 0.4) is 0 Å². The molecule has 11 heteroatoms. The van der Waals surface area contributed by atoms with Gasteiger partial charge in [0.1, 0.15) is 10.7 Å². The SMILES string of the molecule is NS(=O)(=O)c1ccc(F)c(NS(=O)(=O)c2cn[nH]c2)c1. The Balaban J connectivity index is 2.44. The van der Waals surface area contributed by atoms with E-state index in [0.717, 1.165) is 30.6 Å². The van der Waals surface area contributed by atoms with Crippen molar-refractivity contribution in [2.75, 3.05) is 4.72 Å². The van der Waals surface area contributed by atoms with Crippen molar-refractivity contribution in [3.8, 4) is 0 Å². The monoisotopic (exact) mass is 320 g/mol. The van der Waals surface area contributed by atoms with Crippen LogP contribution in [-0.2, 0) is 20.0 Å². The molecule has 0 radical (unpaired) electrons. The number of nitrogens with two attached hydrogens (primary N) is 1. The van der Waals surface area contributed by atoms with Gasteiger partial charge in [-0.2, -0.15) is 5.10 Å². The highest BCUT2D eigenvalue weighted by atomic mass is 32.2. The first-order chi connectivity index (χ1) is 9.20. The van der Waals surface area contributed by atoms with E-state index in [-0.39, 0.29) is 4.90 Å². The summed E-state index contributed by atoms with van der Waals surface area (Å²) in [5.74, 6) is -0.940.